The highest BCUT2D eigenvalue weighted by Crippen LogP contribution is 2.31. The molecule has 0 spiro atoms. The quantitative estimate of drug-likeness (QED) is 0.442. The summed E-state index contributed by atoms with van der Waals surface area (Å²) >= 11 is 0. The predicted octanol–water partition coefficient (Wildman–Crippen LogP) is 6.50. The molecule has 2 nitrogen and oxygen atoms in total. The van der Waals surface area contributed by atoms with Gasteiger partial charge in [-0.2, -0.15) is 0 Å². The highest BCUT2D eigenvalue weighted by atomic mass is 16.3. The molecule has 0 bridgehead atoms. The van der Waals surface area contributed by atoms with Gasteiger partial charge < -0.3 is 10.2 Å². The molecule has 0 unspecified atom stereocenters. The summed E-state index contributed by atoms with van der Waals surface area (Å²) in [6.07, 6.45) is 10.7. The maximum atomic E-state index is 10.3. The lowest BCUT2D eigenvalue weighted by Crippen LogP contribution is -1.88. The van der Waals surface area contributed by atoms with Gasteiger partial charge in [-0.1, -0.05) is 65.8 Å². The molecule has 26 heavy (non-hydrogen) atoms. The molecule has 2 rings (SSSR count). The molecule has 0 atom stereocenters. The third-order valence-electron chi connectivity index (χ3n) is 4.24. The van der Waals surface area contributed by atoms with E-state index >= 15 is 0 Å². The Morgan fingerprint density at radius 2 is 1.46 bits per heavy atom. The Hall–Kier alpha value is -2.74. The largest absolute Gasteiger partial charge is 0.507 e. The van der Waals surface area contributed by atoms with Crippen LogP contribution in [0, 0.1) is 0 Å². The van der Waals surface area contributed by atoms with Crippen LogP contribution >= 0.6 is 0 Å². The second-order valence-corrected chi connectivity index (χ2v) is 6.86. The van der Waals surface area contributed by atoms with Crippen molar-refractivity contribution >= 4 is 12.2 Å². The van der Waals surface area contributed by atoms with Gasteiger partial charge >= 0.3 is 0 Å². The van der Waals surface area contributed by atoms with Crippen molar-refractivity contribution in [2.24, 2.45) is 0 Å². The van der Waals surface area contributed by atoms with E-state index in [2.05, 4.69) is 32.9 Å². The predicted molar refractivity (Wildman–Crippen MR) is 111 cm³/mol. The van der Waals surface area contributed by atoms with Crippen molar-refractivity contribution < 1.29 is 10.2 Å². The van der Waals surface area contributed by atoms with Crippen molar-refractivity contribution in [2.75, 3.05) is 0 Å². The van der Waals surface area contributed by atoms with Crippen LogP contribution in [0.2, 0.25) is 0 Å². The molecule has 0 aliphatic rings. The Kier molecular flexibility index (Phi) is 7.28. The number of benzene rings is 2. The maximum Gasteiger partial charge on any atom is 0.123 e. The van der Waals surface area contributed by atoms with E-state index in [9.17, 15) is 10.2 Å². The zero-order chi connectivity index (χ0) is 18.9. The molecule has 2 N–H and O–H groups in total. The molecule has 0 fully saturated rings. The molecule has 0 amide bonds. The molecule has 0 saturated heterocycles. The molecule has 0 heterocycles. The van der Waals surface area contributed by atoms with Gasteiger partial charge in [-0.15, -0.1) is 0 Å². The second kappa shape index (κ2) is 9.67. The van der Waals surface area contributed by atoms with E-state index in [1.165, 1.54) is 11.1 Å². The first-order chi connectivity index (χ1) is 12.5. The molecule has 2 aromatic rings. The van der Waals surface area contributed by atoms with Crippen molar-refractivity contribution in [3.05, 3.63) is 82.5 Å². The number of phenolic OH excluding ortho intramolecular Hbond substituents is 2. The highest BCUT2D eigenvalue weighted by molar-refractivity contribution is 5.71. The summed E-state index contributed by atoms with van der Waals surface area (Å²) in [6.45, 7) is 6.29. The molecule has 0 saturated carbocycles. The van der Waals surface area contributed by atoms with E-state index in [1.54, 1.807) is 12.1 Å². The Morgan fingerprint density at radius 1 is 0.846 bits per heavy atom. The Labute approximate surface area is 156 Å². The third-order valence-corrected chi connectivity index (χ3v) is 4.24. The standard InChI is InChI=1S/C24H28O2/c1-18(2)8-7-9-19(3)12-15-22-23(25)16-21(17-24(22)26)14-13-20-10-5-4-6-11-20/h4-6,8,10-14,16-17,25-26H,7,9,15H2,1-3H3/b14-13+,19-12+. The van der Waals surface area contributed by atoms with Crippen LogP contribution in [0.15, 0.2) is 65.8 Å². The van der Waals surface area contributed by atoms with E-state index in [0.29, 0.717) is 12.0 Å². The maximum absolute atomic E-state index is 10.3. The summed E-state index contributed by atoms with van der Waals surface area (Å²) in [5.41, 5.74) is 5.01. The van der Waals surface area contributed by atoms with Crippen LogP contribution < -0.4 is 0 Å². The van der Waals surface area contributed by atoms with Gasteiger partial charge in [-0.3, -0.25) is 0 Å². The number of hydrogen-bond donors (Lipinski definition) is 2. The minimum absolute atomic E-state index is 0.131. The fraction of sp³-hybridized carbons (Fsp3) is 0.250. The summed E-state index contributed by atoms with van der Waals surface area (Å²) in [6, 6.07) is 13.3. The lowest BCUT2D eigenvalue weighted by atomic mass is 10.0. The lowest BCUT2D eigenvalue weighted by Gasteiger charge is -2.08. The molecule has 0 aliphatic heterocycles. The van der Waals surface area contributed by atoms with E-state index in [4.69, 9.17) is 0 Å². The first kappa shape index (κ1) is 19.6. The molecular formula is C24H28O2. The van der Waals surface area contributed by atoms with Gasteiger partial charge in [0.1, 0.15) is 11.5 Å². The van der Waals surface area contributed by atoms with Gasteiger partial charge in [0.2, 0.25) is 0 Å². The van der Waals surface area contributed by atoms with Crippen LogP contribution in [0.5, 0.6) is 11.5 Å². The lowest BCUT2D eigenvalue weighted by molar-refractivity contribution is 0.440. The number of hydrogen-bond acceptors (Lipinski definition) is 2. The van der Waals surface area contributed by atoms with E-state index in [0.717, 1.165) is 24.0 Å². The van der Waals surface area contributed by atoms with Gasteiger partial charge in [-0.05, 0) is 63.3 Å². The van der Waals surface area contributed by atoms with Gasteiger partial charge in [0, 0.05) is 5.56 Å². The van der Waals surface area contributed by atoms with Crippen molar-refractivity contribution in [1.82, 2.24) is 0 Å². The summed E-state index contributed by atoms with van der Waals surface area (Å²) in [7, 11) is 0. The topological polar surface area (TPSA) is 40.5 Å². The Morgan fingerprint density at radius 3 is 2.08 bits per heavy atom. The molecule has 2 heteroatoms. The number of rotatable bonds is 7. The zero-order valence-corrected chi connectivity index (χ0v) is 15.9. The van der Waals surface area contributed by atoms with Crippen LogP contribution in [0.1, 0.15) is 50.3 Å². The SMILES string of the molecule is CC(C)=CCC/C(C)=C/Cc1c(O)cc(/C=C/c2ccccc2)cc1O. The van der Waals surface area contributed by atoms with Crippen LogP contribution in [-0.4, -0.2) is 10.2 Å². The Balaban J connectivity index is 2.07. The Bertz CT molecular complexity index is 784. The molecule has 2 aromatic carbocycles. The van der Waals surface area contributed by atoms with E-state index in [-0.39, 0.29) is 11.5 Å². The van der Waals surface area contributed by atoms with Crippen molar-refractivity contribution in [3.63, 3.8) is 0 Å². The fourth-order valence-electron chi connectivity index (χ4n) is 2.69. The van der Waals surface area contributed by atoms with Gasteiger partial charge in [0.25, 0.3) is 0 Å². The van der Waals surface area contributed by atoms with Crippen molar-refractivity contribution in [1.29, 1.82) is 0 Å². The van der Waals surface area contributed by atoms with Crippen molar-refractivity contribution in [2.45, 2.75) is 40.0 Å². The monoisotopic (exact) mass is 348 g/mol. The molecule has 0 aromatic heterocycles. The van der Waals surface area contributed by atoms with Crippen molar-refractivity contribution in [3.8, 4) is 11.5 Å². The molecular weight excluding hydrogens is 320 g/mol. The third kappa shape index (κ3) is 6.29. The minimum atomic E-state index is 0.131. The first-order valence-corrected chi connectivity index (χ1v) is 9.02. The summed E-state index contributed by atoms with van der Waals surface area (Å²) < 4.78 is 0. The van der Waals surface area contributed by atoms with Gasteiger partial charge in [0.05, 0.1) is 0 Å². The zero-order valence-electron chi connectivity index (χ0n) is 15.9. The second-order valence-electron chi connectivity index (χ2n) is 6.86. The van der Waals surface area contributed by atoms with E-state index < -0.39 is 0 Å². The fourth-order valence-corrected chi connectivity index (χ4v) is 2.69. The summed E-state index contributed by atoms with van der Waals surface area (Å²) in [4.78, 5) is 0. The van der Waals surface area contributed by atoms with E-state index in [1.807, 2.05) is 42.5 Å². The smallest absolute Gasteiger partial charge is 0.123 e. The minimum Gasteiger partial charge on any atom is -0.507 e. The first-order valence-electron chi connectivity index (χ1n) is 9.02. The van der Waals surface area contributed by atoms with Gasteiger partial charge in [-0.25, -0.2) is 0 Å². The average molecular weight is 348 g/mol. The van der Waals surface area contributed by atoms with Crippen LogP contribution in [0.3, 0.4) is 0 Å². The summed E-state index contributed by atoms with van der Waals surface area (Å²) in [5, 5.41) is 20.6. The molecule has 136 valence electrons. The normalized spacial score (nSPS) is 11.7. The van der Waals surface area contributed by atoms with Crippen LogP contribution in [0.4, 0.5) is 0 Å². The summed E-state index contributed by atoms with van der Waals surface area (Å²) in [5.74, 6) is 0.261. The number of phenols is 2. The van der Waals surface area contributed by atoms with Crippen LogP contribution in [0.25, 0.3) is 12.2 Å². The van der Waals surface area contributed by atoms with Crippen LogP contribution in [-0.2, 0) is 6.42 Å². The number of allylic oxidation sites excluding steroid dienone is 4. The van der Waals surface area contributed by atoms with Gasteiger partial charge in [0.15, 0.2) is 0 Å². The molecule has 0 radical (unpaired) electrons. The average Bonchev–Trinajstić information content (AvgIpc) is 2.60. The number of aromatic hydroxyl groups is 2. The highest BCUT2D eigenvalue weighted by Gasteiger charge is 2.08. The molecule has 0 aliphatic carbocycles.